The summed E-state index contributed by atoms with van der Waals surface area (Å²) in [6.45, 7) is 4.57. The molecule has 0 heterocycles. The van der Waals surface area contributed by atoms with E-state index in [2.05, 4.69) is 13.1 Å². The predicted molar refractivity (Wildman–Crippen MR) is 49.2 cm³/mol. The first-order chi connectivity index (χ1) is 5.25. The third-order valence-electron chi connectivity index (χ3n) is 3.12. The standard InChI is InChI=1S/C9H18OSi/c1-11(2)10-9-6-7-3-4-8(9)5-7/h7-9,11H,3-6H2,1-2H3. The van der Waals surface area contributed by atoms with Crippen LogP contribution in [-0.4, -0.2) is 15.1 Å². The van der Waals surface area contributed by atoms with Crippen LogP contribution in [0, 0.1) is 11.8 Å². The Labute approximate surface area is 70.9 Å². The van der Waals surface area contributed by atoms with Crippen molar-refractivity contribution in [1.29, 1.82) is 0 Å². The minimum atomic E-state index is -0.756. The molecule has 0 aromatic heterocycles. The van der Waals surface area contributed by atoms with Gasteiger partial charge < -0.3 is 4.43 Å². The van der Waals surface area contributed by atoms with Crippen LogP contribution in [-0.2, 0) is 4.43 Å². The molecule has 0 radical (unpaired) electrons. The van der Waals surface area contributed by atoms with E-state index in [0.29, 0.717) is 6.10 Å². The van der Waals surface area contributed by atoms with Gasteiger partial charge in [0.05, 0.1) is 0 Å². The molecule has 2 heteroatoms. The largest absolute Gasteiger partial charge is 0.417 e. The van der Waals surface area contributed by atoms with Crippen molar-refractivity contribution in [2.75, 3.05) is 0 Å². The van der Waals surface area contributed by atoms with Gasteiger partial charge in [-0.25, -0.2) is 0 Å². The number of rotatable bonds is 2. The Balaban J connectivity index is 1.87. The first kappa shape index (κ1) is 7.81. The van der Waals surface area contributed by atoms with Crippen molar-refractivity contribution in [2.45, 2.75) is 44.9 Å². The highest BCUT2D eigenvalue weighted by Crippen LogP contribution is 2.45. The van der Waals surface area contributed by atoms with E-state index in [1.54, 1.807) is 0 Å². The van der Waals surface area contributed by atoms with Crippen LogP contribution in [0.4, 0.5) is 0 Å². The SMILES string of the molecule is C[SiH](C)OC1CC2CCC1C2. The molecular weight excluding hydrogens is 152 g/mol. The third kappa shape index (κ3) is 1.52. The van der Waals surface area contributed by atoms with Crippen molar-refractivity contribution in [2.24, 2.45) is 11.8 Å². The van der Waals surface area contributed by atoms with Gasteiger partial charge in [-0.05, 0) is 50.6 Å². The third-order valence-corrected chi connectivity index (χ3v) is 4.01. The summed E-state index contributed by atoms with van der Waals surface area (Å²) >= 11 is 0. The summed E-state index contributed by atoms with van der Waals surface area (Å²) < 4.78 is 5.98. The predicted octanol–water partition coefficient (Wildman–Crippen LogP) is 2.17. The maximum Gasteiger partial charge on any atom is 0.171 e. The summed E-state index contributed by atoms with van der Waals surface area (Å²) in [6.07, 6.45) is 6.49. The van der Waals surface area contributed by atoms with E-state index in [4.69, 9.17) is 4.43 Å². The van der Waals surface area contributed by atoms with Crippen LogP contribution in [0.15, 0.2) is 0 Å². The lowest BCUT2D eigenvalue weighted by Gasteiger charge is -2.24. The molecule has 2 aliphatic rings. The van der Waals surface area contributed by atoms with Crippen LogP contribution in [0.5, 0.6) is 0 Å². The zero-order valence-corrected chi connectivity index (χ0v) is 8.70. The number of hydrogen-bond donors (Lipinski definition) is 0. The fourth-order valence-electron chi connectivity index (χ4n) is 2.70. The molecule has 64 valence electrons. The molecule has 2 aliphatic carbocycles. The van der Waals surface area contributed by atoms with Crippen LogP contribution in [0.1, 0.15) is 25.7 Å². The zero-order chi connectivity index (χ0) is 7.84. The summed E-state index contributed by atoms with van der Waals surface area (Å²) in [5.41, 5.74) is 0. The molecule has 3 atom stereocenters. The van der Waals surface area contributed by atoms with E-state index in [1.165, 1.54) is 25.7 Å². The molecule has 0 aromatic rings. The number of fused-ring (bicyclic) bond motifs is 2. The van der Waals surface area contributed by atoms with Gasteiger partial charge in [0, 0.05) is 6.10 Å². The monoisotopic (exact) mass is 170 g/mol. The van der Waals surface area contributed by atoms with Gasteiger partial charge in [0.15, 0.2) is 9.04 Å². The molecule has 2 rings (SSSR count). The summed E-state index contributed by atoms with van der Waals surface area (Å²) in [6, 6.07) is 0. The lowest BCUT2D eigenvalue weighted by molar-refractivity contribution is 0.139. The lowest BCUT2D eigenvalue weighted by Crippen LogP contribution is -2.25. The molecule has 0 spiro atoms. The molecule has 0 saturated heterocycles. The van der Waals surface area contributed by atoms with Crippen molar-refractivity contribution < 1.29 is 4.43 Å². The summed E-state index contributed by atoms with van der Waals surface area (Å²) in [4.78, 5) is 0. The highest BCUT2D eigenvalue weighted by molar-refractivity contribution is 6.48. The Kier molecular flexibility index (Phi) is 2.06. The Bertz CT molecular complexity index is 146. The van der Waals surface area contributed by atoms with E-state index in [1.807, 2.05) is 0 Å². The van der Waals surface area contributed by atoms with Gasteiger partial charge in [0.2, 0.25) is 0 Å². The van der Waals surface area contributed by atoms with E-state index in [9.17, 15) is 0 Å². The first-order valence-electron chi connectivity index (χ1n) is 4.91. The molecule has 0 amide bonds. The maximum atomic E-state index is 5.98. The van der Waals surface area contributed by atoms with Crippen molar-refractivity contribution in [3.63, 3.8) is 0 Å². The topological polar surface area (TPSA) is 9.23 Å². The van der Waals surface area contributed by atoms with E-state index in [-0.39, 0.29) is 0 Å². The Morgan fingerprint density at radius 2 is 2.00 bits per heavy atom. The maximum absolute atomic E-state index is 5.98. The Morgan fingerprint density at radius 1 is 1.18 bits per heavy atom. The fraction of sp³-hybridized carbons (Fsp3) is 1.00. The van der Waals surface area contributed by atoms with Crippen LogP contribution >= 0.6 is 0 Å². The highest BCUT2D eigenvalue weighted by Gasteiger charge is 2.40. The molecule has 3 unspecified atom stereocenters. The van der Waals surface area contributed by atoms with Crippen molar-refractivity contribution >= 4 is 9.04 Å². The minimum absolute atomic E-state index is 0.681. The zero-order valence-electron chi connectivity index (χ0n) is 7.55. The minimum Gasteiger partial charge on any atom is -0.417 e. The Hall–Kier alpha value is 0.177. The lowest BCUT2D eigenvalue weighted by atomic mass is 9.98. The second-order valence-electron chi connectivity index (χ2n) is 4.40. The van der Waals surface area contributed by atoms with Crippen LogP contribution in [0.3, 0.4) is 0 Å². The second-order valence-corrected chi connectivity index (χ2v) is 6.77. The quantitative estimate of drug-likeness (QED) is 0.577. The van der Waals surface area contributed by atoms with Crippen molar-refractivity contribution in [3.8, 4) is 0 Å². The molecule has 0 aromatic carbocycles. The molecule has 2 saturated carbocycles. The Morgan fingerprint density at radius 3 is 2.45 bits per heavy atom. The van der Waals surface area contributed by atoms with Gasteiger partial charge in [-0.15, -0.1) is 0 Å². The average molecular weight is 170 g/mol. The molecule has 0 N–H and O–H groups in total. The molecule has 0 aliphatic heterocycles. The molecule has 2 bridgehead atoms. The van der Waals surface area contributed by atoms with Crippen molar-refractivity contribution in [1.82, 2.24) is 0 Å². The van der Waals surface area contributed by atoms with Crippen LogP contribution in [0.2, 0.25) is 13.1 Å². The smallest absolute Gasteiger partial charge is 0.171 e. The normalized spacial score (nSPS) is 42.3. The summed E-state index contributed by atoms with van der Waals surface area (Å²) in [7, 11) is -0.756. The molecular formula is C9H18OSi. The van der Waals surface area contributed by atoms with Gasteiger partial charge in [-0.1, -0.05) is 0 Å². The van der Waals surface area contributed by atoms with E-state index < -0.39 is 9.04 Å². The molecule has 11 heavy (non-hydrogen) atoms. The molecule has 1 nitrogen and oxygen atoms in total. The van der Waals surface area contributed by atoms with Gasteiger partial charge >= 0.3 is 0 Å². The fourth-order valence-corrected chi connectivity index (χ4v) is 3.74. The van der Waals surface area contributed by atoms with Gasteiger partial charge in [0.25, 0.3) is 0 Å². The molecule has 2 fully saturated rings. The van der Waals surface area contributed by atoms with Crippen molar-refractivity contribution in [3.05, 3.63) is 0 Å². The van der Waals surface area contributed by atoms with Crippen LogP contribution < -0.4 is 0 Å². The summed E-state index contributed by atoms with van der Waals surface area (Å²) in [5, 5.41) is 0. The van der Waals surface area contributed by atoms with E-state index >= 15 is 0 Å². The van der Waals surface area contributed by atoms with Gasteiger partial charge in [-0.2, -0.15) is 0 Å². The number of hydrogen-bond acceptors (Lipinski definition) is 1. The highest BCUT2D eigenvalue weighted by atomic mass is 28.3. The van der Waals surface area contributed by atoms with Crippen LogP contribution in [0.25, 0.3) is 0 Å². The first-order valence-corrected chi connectivity index (χ1v) is 7.69. The second kappa shape index (κ2) is 2.90. The average Bonchev–Trinajstić information content (AvgIpc) is 2.45. The van der Waals surface area contributed by atoms with Gasteiger partial charge in [-0.3, -0.25) is 0 Å². The van der Waals surface area contributed by atoms with E-state index in [0.717, 1.165) is 11.8 Å². The summed E-state index contributed by atoms with van der Waals surface area (Å²) in [5.74, 6) is 1.99. The van der Waals surface area contributed by atoms with Gasteiger partial charge in [0.1, 0.15) is 0 Å².